The maximum Gasteiger partial charge on any atom is 0.221 e. The van der Waals surface area contributed by atoms with E-state index in [1.807, 2.05) is 13.8 Å². The number of hydrogen-bond donors (Lipinski definition) is 2. The second-order valence-corrected chi connectivity index (χ2v) is 4.99. The fraction of sp³-hybridized carbons (Fsp3) is 0.500. The lowest BCUT2D eigenvalue weighted by Crippen LogP contribution is -2.31. The van der Waals surface area contributed by atoms with Gasteiger partial charge in [0, 0.05) is 25.1 Å². The first-order valence-electron chi connectivity index (χ1n) is 6.42. The lowest BCUT2D eigenvalue weighted by molar-refractivity contribution is -0.121. The third-order valence-electron chi connectivity index (χ3n) is 2.59. The molecular weight excluding hydrogens is 280 g/mol. The van der Waals surface area contributed by atoms with Gasteiger partial charge in [-0.3, -0.25) is 4.79 Å². The maximum absolute atomic E-state index is 11.5. The van der Waals surface area contributed by atoms with Crippen LogP contribution in [0.1, 0.15) is 20.3 Å². The average molecular weight is 301 g/mol. The van der Waals surface area contributed by atoms with Crippen LogP contribution >= 0.6 is 11.6 Å². The molecule has 0 aliphatic rings. The summed E-state index contributed by atoms with van der Waals surface area (Å²) in [5.41, 5.74) is 0.732. The van der Waals surface area contributed by atoms with E-state index in [0.717, 1.165) is 5.69 Å². The van der Waals surface area contributed by atoms with Crippen molar-refractivity contribution in [2.24, 2.45) is 0 Å². The van der Waals surface area contributed by atoms with Gasteiger partial charge in [-0.25, -0.2) is 0 Å². The van der Waals surface area contributed by atoms with Crippen LogP contribution in [0.5, 0.6) is 11.5 Å². The molecule has 0 atom stereocenters. The van der Waals surface area contributed by atoms with Gasteiger partial charge in [-0.1, -0.05) is 11.6 Å². The van der Waals surface area contributed by atoms with Crippen molar-refractivity contribution in [3.63, 3.8) is 0 Å². The van der Waals surface area contributed by atoms with E-state index in [1.54, 1.807) is 26.4 Å². The number of ether oxygens (including phenoxy) is 2. The monoisotopic (exact) mass is 300 g/mol. The number of amides is 1. The number of halogens is 1. The average Bonchev–Trinajstić information content (AvgIpc) is 2.38. The number of rotatable bonds is 7. The number of carbonyl (C=O) groups excluding carboxylic acids is 1. The van der Waals surface area contributed by atoms with Crippen LogP contribution in [0.15, 0.2) is 12.1 Å². The molecule has 0 radical (unpaired) electrons. The van der Waals surface area contributed by atoms with Crippen molar-refractivity contribution in [3.05, 3.63) is 17.2 Å². The van der Waals surface area contributed by atoms with Gasteiger partial charge in [0.2, 0.25) is 5.91 Å². The van der Waals surface area contributed by atoms with E-state index in [9.17, 15) is 4.79 Å². The Morgan fingerprint density at radius 2 is 1.90 bits per heavy atom. The largest absolute Gasteiger partial charge is 0.495 e. The normalized spacial score (nSPS) is 10.3. The predicted molar refractivity (Wildman–Crippen MR) is 80.9 cm³/mol. The first-order chi connectivity index (χ1) is 9.47. The highest BCUT2D eigenvalue weighted by Crippen LogP contribution is 2.35. The van der Waals surface area contributed by atoms with Crippen LogP contribution in [0.3, 0.4) is 0 Å². The van der Waals surface area contributed by atoms with Gasteiger partial charge in [0.15, 0.2) is 0 Å². The van der Waals surface area contributed by atoms with Gasteiger partial charge in [-0.05, 0) is 19.9 Å². The predicted octanol–water partition coefficient (Wildman–Crippen LogP) is 2.68. The Balaban J connectivity index is 2.63. The zero-order chi connectivity index (χ0) is 15.1. The summed E-state index contributed by atoms with van der Waals surface area (Å²) < 4.78 is 10.4. The fourth-order valence-corrected chi connectivity index (χ4v) is 1.94. The van der Waals surface area contributed by atoms with Crippen LogP contribution in [0.2, 0.25) is 5.02 Å². The summed E-state index contributed by atoms with van der Waals surface area (Å²) in [7, 11) is 3.11. The Morgan fingerprint density at radius 3 is 2.45 bits per heavy atom. The molecule has 0 aliphatic heterocycles. The van der Waals surface area contributed by atoms with Gasteiger partial charge in [-0.15, -0.1) is 0 Å². The molecule has 1 aromatic rings. The number of benzene rings is 1. The highest BCUT2D eigenvalue weighted by atomic mass is 35.5. The number of carbonyl (C=O) groups is 1. The topological polar surface area (TPSA) is 59.6 Å². The first-order valence-corrected chi connectivity index (χ1v) is 6.80. The molecule has 0 spiro atoms. The summed E-state index contributed by atoms with van der Waals surface area (Å²) in [5.74, 6) is 1.17. The van der Waals surface area contributed by atoms with E-state index in [2.05, 4.69) is 10.6 Å². The van der Waals surface area contributed by atoms with E-state index < -0.39 is 0 Å². The summed E-state index contributed by atoms with van der Waals surface area (Å²) in [6.07, 6.45) is 0.380. The molecule has 6 heteroatoms. The van der Waals surface area contributed by atoms with E-state index in [-0.39, 0.29) is 11.9 Å². The molecule has 112 valence electrons. The summed E-state index contributed by atoms with van der Waals surface area (Å²) >= 11 is 6.07. The molecule has 0 bridgehead atoms. The van der Waals surface area contributed by atoms with E-state index >= 15 is 0 Å². The molecule has 0 fully saturated rings. The molecule has 1 amide bonds. The van der Waals surface area contributed by atoms with Gasteiger partial charge >= 0.3 is 0 Å². The lowest BCUT2D eigenvalue weighted by Gasteiger charge is -2.14. The summed E-state index contributed by atoms with van der Waals surface area (Å²) in [6.45, 7) is 4.35. The summed E-state index contributed by atoms with van der Waals surface area (Å²) in [4.78, 5) is 11.5. The van der Waals surface area contributed by atoms with E-state index in [0.29, 0.717) is 29.5 Å². The van der Waals surface area contributed by atoms with Crippen LogP contribution in [-0.4, -0.2) is 32.7 Å². The van der Waals surface area contributed by atoms with Crippen LogP contribution in [-0.2, 0) is 4.79 Å². The zero-order valence-electron chi connectivity index (χ0n) is 12.2. The third kappa shape index (κ3) is 4.81. The van der Waals surface area contributed by atoms with Crippen molar-refractivity contribution in [1.82, 2.24) is 5.32 Å². The maximum atomic E-state index is 11.5. The molecular formula is C14H21ClN2O3. The Hall–Kier alpha value is -1.62. The lowest BCUT2D eigenvalue weighted by atomic mass is 10.2. The SMILES string of the molecule is COc1cc(OC)c(NCCC(=O)NC(C)C)cc1Cl. The van der Waals surface area contributed by atoms with Crippen molar-refractivity contribution in [2.75, 3.05) is 26.1 Å². The standard InChI is InChI=1S/C14H21ClN2O3/c1-9(2)17-14(18)5-6-16-11-7-10(15)12(19-3)8-13(11)20-4/h7-9,16H,5-6H2,1-4H3,(H,17,18). The van der Waals surface area contributed by atoms with Crippen LogP contribution in [0, 0.1) is 0 Å². The van der Waals surface area contributed by atoms with Gasteiger partial charge in [0.1, 0.15) is 11.5 Å². The second kappa shape index (κ2) is 7.85. The van der Waals surface area contributed by atoms with E-state index in [4.69, 9.17) is 21.1 Å². The minimum absolute atomic E-state index is 0.00563. The highest BCUT2D eigenvalue weighted by Gasteiger charge is 2.10. The third-order valence-corrected chi connectivity index (χ3v) is 2.89. The van der Waals surface area contributed by atoms with Gasteiger partial charge < -0.3 is 20.1 Å². The quantitative estimate of drug-likeness (QED) is 0.813. The molecule has 1 aromatic carbocycles. The van der Waals surface area contributed by atoms with E-state index in [1.165, 1.54) is 0 Å². The first kappa shape index (κ1) is 16.4. The molecule has 20 heavy (non-hydrogen) atoms. The van der Waals surface area contributed by atoms with Crippen LogP contribution < -0.4 is 20.1 Å². The molecule has 0 saturated heterocycles. The molecule has 0 aliphatic carbocycles. The summed E-state index contributed by atoms with van der Waals surface area (Å²) in [5, 5.41) is 6.45. The number of anilines is 1. The number of hydrogen-bond acceptors (Lipinski definition) is 4. The molecule has 0 unspecified atom stereocenters. The molecule has 0 heterocycles. The highest BCUT2D eigenvalue weighted by molar-refractivity contribution is 6.32. The molecule has 0 aromatic heterocycles. The minimum atomic E-state index is 0.00563. The molecule has 5 nitrogen and oxygen atoms in total. The Morgan fingerprint density at radius 1 is 1.25 bits per heavy atom. The van der Waals surface area contributed by atoms with Gasteiger partial charge in [-0.2, -0.15) is 0 Å². The van der Waals surface area contributed by atoms with Crippen molar-refractivity contribution >= 4 is 23.2 Å². The fourth-order valence-electron chi connectivity index (χ4n) is 1.70. The van der Waals surface area contributed by atoms with Gasteiger partial charge in [0.25, 0.3) is 0 Å². The van der Waals surface area contributed by atoms with Gasteiger partial charge in [0.05, 0.1) is 24.9 Å². The Labute approximate surface area is 124 Å². The molecule has 2 N–H and O–H groups in total. The Bertz CT molecular complexity index is 464. The van der Waals surface area contributed by atoms with Crippen molar-refractivity contribution in [2.45, 2.75) is 26.3 Å². The number of methoxy groups -OCH3 is 2. The van der Waals surface area contributed by atoms with Crippen molar-refractivity contribution in [1.29, 1.82) is 0 Å². The second-order valence-electron chi connectivity index (χ2n) is 4.59. The van der Waals surface area contributed by atoms with Crippen molar-refractivity contribution < 1.29 is 14.3 Å². The zero-order valence-corrected chi connectivity index (χ0v) is 13.0. The Kier molecular flexibility index (Phi) is 6.45. The smallest absolute Gasteiger partial charge is 0.221 e. The van der Waals surface area contributed by atoms with Crippen LogP contribution in [0.4, 0.5) is 5.69 Å². The summed E-state index contributed by atoms with van der Waals surface area (Å²) in [6, 6.07) is 3.57. The molecule has 0 saturated carbocycles. The van der Waals surface area contributed by atoms with Crippen molar-refractivity contribution in [3.8, 4) is 11.5 Å². The number of nitrogens with one attached hydrogen (secondary N) is 2. The minimum Gasteiger partial charge on any atom is -0.495 e. The van der Waals surface area contributed by atoms with Crippen LogP contribution in [0.25, 0.3) is 0 Å². The molecule has 1 rings (SSSR count).